The van der Waals surface area contributed by atoms with Crippen molar-refractivity contribution in [3.63, 3.8) is 0 Å². The Morgan fingerprint density at radius 1 is 0.760 bits per heavy atom. The van der Waals surface area contributed by atoms with Crippen molar-refractivity contribution in [3.05, 3.63) is 102 Å². The fourth-order valence-corrected chi connectivity index (χ4v) is 3.75. The number of rotatable bonds is 6. The van der Waals surface area contributed by atoms with Gasteiger partial charge in [0.1, 0.15) is 11.4 Å². The van der Waals surface area contributed by atoms with Gasteiger partial charge in [0.25, 0.3) is 0 Å². The maximum absolute atomic E-state index is 12.7. The topological polar surface area (TPSA) is 55.8 Å². The molecule has 25 heavy (non-hydrogen) atoms. The predicted molar refractivity (Wildman–Crippen MR) is 97.3 cm³/mol. The number of benzene rings is 3. The van der Waals surface area contributed by atoms with E-state index in [1.807, 2.05) is 60.7 Å². The Hall–Kier alpha value is -2.39. The van der Waals surface area contributed by atoms with Crippen molar-refractivity contribution in [1.82, 2.24) is 0 Å². The van der Waals surface area contributed by atoms with Gasteiger partial charge in [0.05, 0.1) is 0 Å². The summed E-state index contributed by atoms with van der Waals surface area (Å²) in [5.41, 5.74) is 0.376. The SMILES string of the molecule is CC(OP(=O)(O)Oc1ccccc1)(c1ccccc1)c1ccccc1. The Balaban J connectivity index is 1.97. The van der Waals surface area contributed by atoms with Gasteiger partial charge in [0, 0.05) is 0 Å². The van der Waals surface area contributed by atoms with Gasteiger partial charge in [0.2, 0.25) is 0 Å². The standard InChI is InChI=1S/C20H19O4P/c1-20(17-11-5-2-6-12-17,18-13-7-3-8-14-18)24-25(21,22)23-19-15-9-4-10-16-19/h2-16H,1H3,(H,21,22). The van der Waals surface area contributed by atoms with Crippen LogP contribution in [0.5, 0.6) is 5.75 Å². The van der Waals surface area contributed by atoms with Crippen molar-refractivity contribution in [1.29, 1.82) is 0 Å². The number of para-hydroxylation sites is 1. The second kappa shape index (κ2) is 7.24. The van der Waals surface area contributed by atoms with Crippen molar-refractivity contribution in [2.45, 2.75) is 12.5 Å². The molecule has 4 nitrogen and oxygen atoms in total. The molecule has 0 bridgehead atoms. The molecular formula is C20H19O4P. The highest BCUT2D eigenvalue weighted by molar-refractivity contribution is 7.47. The highest BCUT2D eigenvalue weighted by atomic mass is 31.2. The molecule has 1 unspecified atom stereocenters. The summed E-state index contributed by atoms with van der Waals surface area (Å²) in [6.07, 6.45) is 0. The van der Waals surface area contributed by atoms with Crippen LogP contribution in [0.2, 0.25) is 0 Å². The maximum Gasteiger partial charge on any atom is 0.528 e. The molecule has 128 valence electrons. The normalized spacial score (nSPS) is 13.8. The first kappa shape index (κ1) is 17.4. The third-order valence-electron chi connectivity index (χ3n) is 3.91. The lowest BCUT2D eigenvalue weighted by atomic mass is 9.88. The van der Waals surface area contributed by atoms with Gasteiger partial charge in [-0.1, -0.05) is 78.9 Å². The molecule has 0 radical (unpaired) electrons. The van der Waals surface area contributed by atoms with E-state index < -0.39 is 13.4 Å². The van der Waals surface area contributed by atoms with E-state index in [-0.39, 0.29) is 5.75 Å². The van der Waals surface area contributed by atoms with Gasteiger partial charge < -0.3 is 4.52 Å². The second-order valence-electron chi connectivity index (χ2n) is 5.73. The zero-order valence-corrected chi connectivity index (χ0v) is 14.7. The Morgan fingerprint density at radius 3 is 1.60 bits per heavy atom. The van der Waals surface area contributed by atoms with Crippen LogP contribution in [0.15, 0.2) is 91.0 Å². The summed E-state index contributed by atoms with van der Waals surface area (Å²) in [5, 5.41) is 0. The van der Waals surface area contributed by atoms with Gasteiger partial charge in [-0.2, -0.15) is 0 Å². The summed E-state index contributed by atoms with van der Waals surface area (Å²) in [6.45, 7) is 1.76. The Bertz CT molecular complexity index is 811. The quantitative estimate of drug-likeness (QED) is 0.622. The van der Waals surface area contributed by atoms with Crippen molar-refractivity contribution in [2.24, 2.45) is 0 Å². The van der Waals surface area contributed by atoms with Crippen LogP contribution in [-0.2, 0) is 14.7 Å². The molecule has 0 aliphatic carbocycles. The average molecular weight is 354 g/mol. The molecular weight excluding hydrogens is 335 g/mol. The molecule has 0 aromatic heterocycles. The molecule has 3 aromatic carbocycles. The molecule has 0 saturated heterocycles. The summed E-state index contributed by atoms with van der Waals surface area (Å²) < 4.78 is 23.6. The molecule has 0 spiro atoms. The lowest BCUT2D eigenvalue weighted by Crippen LogP contribution is -2.27. The van der Waals surface area contributed by atoms with E-state index >= 15 is 0 Å². The lowest BCUT2D eigenvalue weighted by Gasteiger charge is -2.32. The summed E-state index contributed by atoms with van der Waals surface area (Å²) in [7, 11) is -4.37. The fourth-order valence-electron chi connectivity index (χ4n) is 2.65. The first-order valence-corrected chi connectivity index (χ1v) is 9.38. The smallest absolute Gasteiger partial charge is 0.404 e. The predicted octanol–water partition coefficient (Wildman–Crippen LogP) is 5.15. The molecule has 1 atom stereocenters. The number of phosphoric ester groups is 1. The first-order chi connectivity index (χ1) is 12.0. The molecule has 5 heteroatoms. The minimum Gasteiger partial charge on any atom is -0.404 e. The highest BCUT2D eigenvalue weighted by Crippen LogP contribution is 2.52. The van der Waals surface area contributed by atoms with Crippen LogP contribution in [0.25, 0.3) is 0 Å². The molecule has 0 fully saturated rings. The van der Waals surface area contributed by atoms with Crippen LogP contribution in [-0.4, -0.2) is 4.89 Å². The van der Waals surface area contributed by atoms with E-state index in [1.165, 1.54) is 0 Å². The summed E-state index contributed by atoms with van der Waals surface area (Å²) >= 11 is 0. The third-order valence-corrected chi connectivity index (χ3v) is 4.95. The maximum atomic E-state index is 12.7. The van der Waals surface area contributed by atoms with Crippen LogP contribution in [0.3, 0.4) is 0 Å². The molecule has 0 aliphatic heterocycles. The minimum absolute atomic E-state index is 0.275. The van der Waals surface area contributed by atoms with E-state index in [4.69, 9.17) is 9.05 Å². The first-order valence-electron chi connectivity index (χ1n) is 7.89. The van der Waals surface area contributed by atoms with Gasteiger partial charge in [-0.3, -0.25) is 9.42 Å². The number of phosphoric acid groups is 1. The van der Waals surface area contributed by atoms with Crippen molar-refractivity contribution >= 4 is 7.82 Å². The van der Waals surface area contributed by atoms with E-state index in [9.17, 15) is 9.46 Å². The fraction of sp³-hybridized carbons (Fsp3) is 0.100. The molecule has 1 N–H and O–H groups in total. The van der Waals surface area contributed by atoms with Gasteiger partial charge in [-0.15, -0.1) is 0 Å². The minimum atomic E-state index is -4.37. The zero-order chi connectivity index (χ0) is 17.8. The Labute approximate surface area is 147 Å². The van der Waals surface area contributed by atoms with E-state index in [1.54, 1.807) is 37.3 Å². The van der Waals surface area contributed by atoms with Crippen molar-refractivity contribution in [3.8, 4) is 5.75 Å². The van der Waals surface area contributed by atoms with Crippen LogP contribution in [0, 0.1) is 0 Å². The van der Waals surface area contributed by atoms with E-state index in [0.29, 0.717) is 0 Å². The van der Waals surface area contributed by atoms with E-state index in [2.05, 4.69) is 0 Å². The van der Waals surface area contributed by atoms with Gasteiger partial charge >= 0.3 is 7.82 Å². The molecule has 0 saturated carbocycles. The second-order valence-corrected chi connectivity index (χ2v) is 7.03. The largest absolute Gasteiger partial charge is 0.528 e. The average Bonchev–Trinajstić information content (AvgIpc) is 2.63. The van der Waals surface area contributed by atoms with E-state index in [0.717, 1.165) is 11.1 Å². The highest BCUT2D eigenvalue weighted by Gasteiger charge is 2.39. The molecule has 0 aliphatic rings. The lowest BCUT2D eigenvalue weighted by molar-refractivity contribution is 0.0846. The zero-order valence-electron chi connectivity index (χ0n) is 13.8. The Kier molecular flexibility index (Phi) is 5.05. The summed E-state index contributed by atoms with van der Waals surface area (Å²) in [5.74, 6) is 0.275. The van der Waals surface area contributed by atoms with Gasteiger partial charge in [-0.25, -0.2) is 4.57 Å². The van der Waals surface area contributed by atoms with Crippen LogP contribution in [0.1, 0.15) is 18.1 Å². The monoisotopic (exact) mass is 354 g/mol. The summed E-state index contributed by atoms with van der Waals surface area (Å²) in [6, 6.07) is 27.1. The molecule has 0 heterocycles. The Morgan fingerprint density at radius 2 is 1.16 bits per heavy atom. The van der Waals surface area contributed by atoms with Crippen LogP contribution >= 0.6 is 7.82 Å². The van der Waals surface area contributed by atoms with Gasteiger partial charge in [0.15, 0.2) is 0 Å². The van der Waals surface area contributed by atoms with Crippen LogP contribution in [0.4, 0.5) is 0 Å². The summed E-state index contributed by atoms with van der Waals surface area (Å²) in [4.78, 5) is 10.3. The number of hydrogen-bond acceptors (Lipinski definition) is 3. The molecule has 0 amide bonds. The van der Waals surface area contributed by atoms with Crippen molar-refractivity contribution in [2.75, 3.05) is 0 Å². The number of hydrogen-bond donors (Lipinski definition) is 1. The molecule has 3 rings (SSSR count). The third kappa shape index (κ3) is 4.18. The van der Waals surface area contributed by atoms with Gasteiger partial charge in [-0.05, 0) is 30.2 Å². The van der Waals surface area contributed by atoms with Crippen LogP contribution < -0.4 is 4.52 Å². The molecule has 3 aromatic rings. The van der Waals surface area contributed by atoms with Crippen molar-refractivity contribution < 1.29 is 18.5 Å².